The highest BCUT2D eigenvalue weighted by Crippen LogP contribution is 2.31. The molecule has 2 amide bonds. The van der Waals surface area contributed by atoms with Crippen molar-refractivity contribution in [1.82, 2.24) is 20.1 Å². The third-order valence-corrected chi connectivity index (χ3v) is 5.63. The van der Waals surface area contributed by atoms with Crippen molar-refractivity contribution >= 4 is 17.5 Å². The normalized spacial score (nSPS) is 15.6. The standard InChI is InChI=1S/C25H29N5O4/c1-3-33-18-10-11-23(34-4-2)21(14-18)27-24(31)17-8-7-13-30(16-17)25(32)22-15-20(28-29-22)19-9-5-6-12-26-19/h5-6,9-12,14-15,17H,3-4,7-8,13,16H2,1-2H3,(H,27,31)(H,28,29)/t17-/m0/s1. The van der Waals surface area contributed by atoms with Gasteiger partial charge in [0.25, 0.3) is 5.91 Å². The molecule has 2 aromatic heterocycles. The predicted octanol–water partition coefficient (Wildman–Crippen LogP) is 3.76. The molecule has 0 radical (unpaired) electrons. The number of nitrogens with zero attached hydrogens (tertiary/aromatic N) is 3. The molecule has 0 unspecified atom stereocenters. The van der Waals surface area contributed by atoms with Gasteiger partial charge in [-0.25, -0.2) is 0 Å². The van der Waals surface area contributed by atoms with Gasteiger partial charge in [-0.3, -0.25) is 19.7 Å². The second-order valence-electron chi connectivity index (χ2n) is 7.99. The van der Waals surface area contributed by atoms with E-state index in [2.05, 4.69) is 20.5 Å². The van der Waals surface area contributed by atoms with E-state index in [1.165, 1.54) is 0 Å². The summed E-state index contributed by atoms with van der Waals surface area (Å²) < 4.78 is 11.2. The topological polar surface area (TPSA) is 109 Å². The van der Waals surface area contributed by atoms with Crippen LogP contribution in [-0.4, -0.2) is 58.2 Å². The summed E-state index contributed by atoms with van der Waals surface area (Å²) in [6, 6.07) is 12.6. The Bertz CT molecular complexity index is 1130. The molecule has 34 heavy (non-hydrogen) atoms. The Morgan fingerprint density at radius 1 is 1.12 bits per heavy atom. The van der Waals surface area contributed by atoms with E-state index in [1.54, 1.807) is 29.3 Å². The minimum Gasteiger partial charge on any atom is -0.494 e. The molecule has 1 aliphatic heterocycles. The highest BCUT2D eigenvalue weighted by Gasteiger charge is 2.30. The lowest BCUT2D eigenvalue weighted by molar-refractivity contribution is -0.121. The minimum atomic E-state index is -0.332. The third-order valence-electron chi connectivity index (χ3n) is 5.63. The summed E-state index contributed by atoms with van der Waals surface area (Å²) in [5.41, 5.74) is 2.24. The number of anilines is 1. The number of carbonyl (C=O) groups is 2. The monoisotopic (exact) mass is 463 g/mol. The molecule has 0 aliphatic carbocycles. The van der Waals surface area contributed by atoms with E-state index in [-0.39, 0.29) is 17.7 Å². The first-order valence-electron chi connectivity index (χ1n) is 11.6. The van der Waals surface area contributed by atoms with E-state index in [0.29, 0.717) is 67.0 Å². The molecule has 0 spiro atoms. The summed E-state index contributed by atoms with van der Waals surface area (Å²) in [6.45, 7) is 5.72. The molecule has 3 aromatic rings. The van der Waals surface area contributed by atoms with Crippen LogP contribution in [0, 0.1) is 5.92 Å². The molecular formula is C25H29N5O4. The third kappa shape index (κ3) is 5.36. The molecule has 0 saturated carbocycles. The maximum atomic E-state index is 13.1. The summed E-state index contributed by atoms with van der Waals surface area (Å²) in [5.74, 6) is 0.583. The molecular weight excluding hydrogens is 434 g/mol. The van der Waals surface area contributed by atoms with E-state index >= 15 is 0 Å². The molecule has 1 saturated heterocycles. The van der Waals surface area contributed by atoms with Crippen LogP contribution in [0.1, 0.15) is 37.2 Å². The zero-order chi connectivity index (χ0) is 23.9. The second kappa shape index (κ2) is 10.8. The zero-order valence-corrected chi connectivity index (χ0v) is 19.4. The lowest BCUT2D eigenvalue weighted by Gasteiger charge is -2.31. The molecule has 4 rings (SSSR count). The van der Waals surface area contributed by atoms with Gasteiger partial charge in [0.2, 0.25) is 5.91 Å². The lowest BCUT2D eigenvalue weighted by Crippen LogP contribution is -2.43. The average molecular weight is 464 g/mol. The van der Waals surface area contributed by atoms with Gasteiger partial charge in [0.05, 0.1) is 30.5 Å². The van der Waals surface area contributed by atoms with Gasteiger partial charge in [-0.05, 0) is 57.0 Å². The van der Waals surface area contributed by atoms with Crippen LogP contribution >= 0.6 is 0 Å². The Balaban J connectivity index is 1.44. The molecule has 178 valence electrons. The fourth-order valence-electron chi connectivity index (χ4n) is 4.00. The van der Waals surface area contributed by atoms with Crippen LogP contribution in [0.5, 0.6) is 11.5 Å². The number of ether oxygens (including phenoxy) is 2. The number of aromatic amines is 1. The molecule has 2 N–H and O–H groups in total. The summed E-state index contributed by atoms with van der Waals surface area (Å²) in [6.07, 6.45) is 3.12. The molecule has 9 heteroatoms. The van der Waals surface area contributed by atoms with Crippen molar-refractivity contribution in [1.29, 1.82) is 0 Å². The van der Waals surface area contributed by atoms with E-state index in [0.717, 1.165) is 6.42 Å². The van der Waals surface area contributed by atoms with Crippen LogP contribution in [0.2, 0.25) is 0 Å². The van der Waals surface area contributed by atoms with Crippen molar-refractivity contribution in [3.63, 3.8) is 0 Å². The van der Waals surface area contributed by atoms with E-state index in [4.69, 9.17) is 9.47 Å². The maximum Gasteiger partial charge on any atom is 0.271 e. The van der Waals surface area contributed by atoms with Crippen molar-refractivity contribution in [2.45, 2.75) is 26.7 Å². The fourth-order valence-corrected chi connectivity index (χ4v) is 4.00. The van der Waals surface area contributed by atoms with Gasteiger partial charge < -0.3 is 19.7 Å². The predicted molar refractivity (Wildman–Crippen MR) is 128 cm³/mol. The highest BCUT2D eigenvalue weighted by atomic mass is 16.5. The number of aromatic nitrogens is 3. The van der Waals surface area contributed by atoms with Crippen LogP contribution in [0.3, 0.4) is 0 Å². The van der Waals surface area contributed by atoms with E-state index in [1.807, 2.05) is 38.1 Å². The number of benzene rings is 1. The van der Waals surface area contributed by atoms with Crippen LogP contribution in [0.15, 0.2) is 48.7 Å². The molecule has 1 atom stereocenters. The number of likely N-dealkylation sites (tertiary alicyclic amines) is 1. The van der Waals surface area contributed by atoms with Gasteiger partial charge in [0.1, 0.15) is 22.9 Å². The molecule has 9 nitrogen and oxygen atoms in total. The first-order chi connectivity index (χ1) is 16.6. The molecule has 3 heterocycles. The van der Waals surface area contributed by atoms with Crippen LogP contribution < -0.4 is 14.8 Å². The van der Waals surface area contributed by atoms with Crippen LogP contribution in [-0.2, 0) is 4.79 Å². The average Bonchev–Trinajstić information content (AvgIpc) is 3.36. The molecule has 0 bridgehead atoms. The Hall–Kier alpha value is -3.88. The smallest absolute Gasteiger partial charge is 0.271 e. The number of rotatable bonds is 8. The number of H-pyrrole nitrogens is 1. The van der Waals surface area contributed by atoms with E-state index < -0.39 is 0 Å². The van der Waals surface area contributed by atoms with E-state index in [9.17, 15) is 9.59 Å². The largest absolute Gasteiger partial charge is 0.494 e. The minimum absolute atomic E-state index is 0.147. The zero-order valence-electron chi connectivity index (χ0n) is 19.4. The van der Waals surface area contributed by atoms with Gasteiger partial charge in [0.15, 0.2) is 0 Å². The number of pyridine rings is 1. The number of piperidine rings is 1. The molecule has 1 aromatic carbocycles. The Kier molecular flexibility index (Phi) is 7.41. The number of amides is 2. The van der Waals surface area contributed by atoms with Gasteiger partial charge in [-0.2, -0.15) is 5.10 Å². The van der Waals surface area contributed by atoms with Crippen molar-refractivity contribution in [3.8, 4) is 22.9 Å². The van der Waals surface area contributed by atoms with Gasteiger partial charge >= 0.3 is 0 Å². The second-order valence-corrected chi connectivity index (χ2v) is 7.99. The Morgan fingerprint density at radius 3 is 2.74 bits per heavy atom. The van der Waals surface area contributed by atoms with Crippen LogP contribution in [0.25, 0.3) is 11.4 Å². The molecule has 1 fully saturated rings. The number of carbonyl (C=O) groups excluding carboxylic acids is 2. The molecule has 1 aliphatic rings. The first kappa shape index (κ1) is 23.3. The SMILES string of the molecule is CCOc1ccc(OCC)c(NC(=O)[C@H]2CCCN(C(=O)c3cc(-c4ccccn4)n[nH]3)C2)c1. The van der Waals surface area contributed by atoms with Crippen molar-refractivity contribution < 1.29 is 19.1 Å². The van der Waals surface area contributed by atoms with Gasteiger partial charge in [0, 0.05) is 25.4 Å². The van der Waals surface area contributed by atoms with Gasteiger partial charge in [-0.1, -0.05) is 6.07 Å². The summed E-state index contributed by atoms with van der Waals surface area (Å²) in [4.78, 5) is 32.2. The number of nitrogens with one attached hydrogen (secondary N) is 2. The van der Waals surface area contributed by atoms with Gasteiger partial charge in [-0.15, -0.1) is 0 Å². The van der Waals surface area contributed by atoms with Crippen molar-refractivity contribution in [2.75, 3.05) is 31.6 Å². The first-order valence-corrected chi connectivity index (χ1v) is 11.6. The summed E-state index contributed by atoms with van der Waals surface area (Å²) in [7, 11) is 0. The number of hydrogen-bond acceptors (Lipinski definition) is 6. The highest BCUT2D eigenvalue weighted by molar-refractivity contribution is 5.96. The Labute approximate surface area is 198 Å². The Morgan fingerprint density at radius 2 is 1.97 bits per heavy atom. The van der Waals surface area contributed by atoms with Crippen LogP contribution in [0.4, 0.5) is 5.69 Å². The number of hydrogen-bond donors (Lipinski definition) is 2. The lowest BCUT2D eigenvalue weighted by atomic mass is 9.96. The maximum absolute atomic E-state index is 13.1. The van der Waals surface area contributed by atoms with Crippen molar-refractivity contribution in [2.24, 2.45) is 5.92 Å². The summed E-state index contributed by atoms with van der Waals surface area (Å²) >= 11 is 0. The quantitative estimate of drug-likeness (QED) is 0.526. The fraction of sp³-hybridized carbons (Fsp3) is 0.360. The van der Waals surface area contributed by atoms with Crippen molar-refractivity contribution in [3.05, 3.63) is 54.4 Å². The summed E-state index contributed by atoms with van der Waals surface area (Å²) in [5, 5.41) is 10.0.